The van der Waals surface area contributed by atoms with E-state index >= 15 is 0 Å². The van der Waals surface area contributed by atoms with Crippen molar-refractivity contribution in [3.8, 4) is 0 Å². The van der Waals surface area contributed by atoms with E-state index in [1.807, 2.05) is 0 Å². The Balaban J connectivity index is 3.03. The largest absolute Gasteiger partial charge is 0.382 e. The second-order valence-corrected chi connectivity index (χ2v) is 6.79. The molecule has 128 valence electrons. The Morgan fingerprint density at radius 2 is 1.19 bits per heavy atom. The van der Waals surface area contributed by atoms with Crippen LogP contribution in [0.1, 0.15) is 44.9 Å². The molecular formula is C14H31NO5S. The predicted molar refractivity (Wildman–Crippen MR) is 83.8 cm³/mol. The van der Waals surface area contributed by atoms with Crippen LogP contribution in [0.3, 0.4) is 0 Å². The van der Waals surface area contributed by atoms with Gasteiger partial charge in [0.05, 0.1) is 32.2 Å². The highest BCUT2D eigenvalue weighted by atomic mass is 32.2. The fourth-order valence-electron chi connectivity index (χ4n) is 1.86. The number of methoxy groups -OCH3 is 1. The Morgan fingerprint density at radius 1 is 0.714 bits per heavy atom. The Labute approximate surface area is 129 Å². The zero-order valence-corrected chi connectivity index (χ0v) is 14.0. The van der Waals surface area contributed by atoms with Gasteiger partial charge in [0.1, 0.15) is 0 Å². The van der Waals surface area contributed by atoms with Crippen LogP contribution in [0.4, 0.5) is 0 Å². The monoisotopic (exact) mass is 325 g/mol. The van der Waals surface area contributed by atoms with Gasteiger partial charge in [0.25, 0.3) is 0 Å². The van der Waals surface area contributed by atoms with E-state index in [9.17, 15) is 8.42 Å². The zero-order chi connectivity index (χ0) is 15.8. The van der Waals surface area contributed by atoms with E-state index in [-0.39, 0.29) is 5.75 Å². The summed E-state index contributed by atoms with van der Waals surface area (Å²) in [6.07, 6.45) is 7.21. The average molecular weight is 325 g/mol. The number of primary sulfonamides is 1. The predicted octanol–water partition coefficient (Wildman–Crippen LogP) is 1.69. The number of unbranched alkanes of at least 4 members (excludes halogenated alkanes) is 6. The standard InChI is InChI=1S/C14H31NO5S/c1-18-10-11-20-13-12-19-9-7-5-3-2-4-6-8-14-21(15,16)17/h2-14H2,1H3,(H2,15,16,17). The first-order chi connectivity index (χ1) is 10.1. The molecule has 0 aliphatic carbocycles. The molecule has 7 heteroatoms. The fraction of sp³-hybridized carbons (Fsp3) is 1.00. The Morgan fingerprint density at radius 3 is 1.76 bits per heavy atom. The highest BCUT2D eigenvalue weighted by molar-refractivity contribution is 7.89. The first kappa shape index (κ1) is 20.8. The van der Waals surface area contributed by atoms with Gasteiger partial charge >= 0.3 is 0 Å². The smallest absolute Gasteiger partial charge is 0.209 e. The van der Waals surface area contributed by atoms with Crippen LogP contribution in [-0.2, 0) is 24.2 Å². The molecule has 0 atom stereocenters. The van der Waals surface area contributed by atoms with Crippen LogP contribution in [0, 0.1) is 0 Å². The Hall–Kier alpha value is -0.210. The maximum atomic E-state index is 10.7. The Kier molecular flexibility index (Phi) is 14.6. The molecule has 0 aromatic rings. The number of sulfonamides is 1. The van der Waals surface area contributed by atoms with Crippen molar-refractivity contribution in [2.24, 2.45) is 5.14 Å². The highest BCUT2D eigenvalue weighted by Crippen LogP contribution is 2.07. The molecule has 0 rings (SSSR count). The topological polar surface area (TPSA) is 87.8 Å². The molecule has 2 N–H and O–H groups in total. The first-order valence-electron chi connectivity index (χ1n) is 7.71. The van der Waals surface area contributed by atoms with E-state index in [0.29, 0.717) is 32.8 Å². The summed E-state index contributed by atoms with van der Waals surface area (Å²) < 4.78 is 37.0. The molecule has 0 saturated carbocycles. The molecule has 0 heterocycles. The summed E-state index contributed by atoms with van der Waals surface area (Å²) in [6, 6.07) is 0. The molecule has 0 unspecified atom stereocenters. The van der Waals surface area contributed by atoms with Gasteiger partial charge in [-0.1, -0.05) is 32.1 Å². The van der Waals surface area contributed by atoms with Crippen LogP contribution in [0.15, 0.2) is 0 Å². The van der Waals surface area contributed by atoms with Gasteiger partial charge in [-0.25, -0.2) is 13.6 Å². The third-order valence-corrected chi connectivity index (χ3v) is 3.88. The normalized spacial score (nSPS) is 11.9. The van der Waals surface area contributed by atoms with E-state index in [4.69, 9.17) is 19.3 Å². The molecule has 0 fully saturated rings. The molecule has 0 radical (unpaired) electrons. The van der Waals surface area contributed by atoms with Crippen molar-refractivity contribution >= 4 is 10.0 Å². The molecule has 0 amide bonds. The lowest BCUT2D eigenvalue weighted by atomic mass is 10.1. The quantitative estimate of drug-likeness (QED) is 0.436. The summed E-state index contributed by atoms with van der Waals surface area (Å²) >= 11 is 0. The summed E-state index contributed by atoms with van der Waals surface area (Å²) in [5.41, 5.74) is 0. The fourth-order valence-corrected chi connectivity index (χ4v) is 2.46. The molecular weight excluding hydrogens is 294 g/mol. The molecule has 0 aromatic carbocycles. The van der Waals surface area contributed by atoms with E-state index in [1.165, 1.54) is 6.42 Å². The van der Waals surface area contributed by atoms with Gasteiger partial charge in [-0.15, -0.1) is 0 Å². The van der Waals surface area contributed by atoms with Crippen LogP contribution >= 0.6 is 0 Å². The van der Waals surface area contributed by atoms with E-state index < -0.39 is 10.0 Å². The van der Waals surface area contributed by atoms with Gasteiger partial charge in [-0.3, -0.25) is 0 Å². The van der Waals surface area contributed by atoms with Crippen molar-refractivity contribution in [3.05, 3.63) is 0 Å². The molecule has 0 aliphatic rings. The number of hydrogen-bond acceptors (Lipinski definition) is 5. The summed E-state index contributed by atoms with van der Waals surface area (Å²) in [5, 5.41) is 4.93. The van der Waals surface area contributed by atoms with E-state index in [1.54, 1.807) is 7.11 Å². The van der Waals surface area contributed by atoms with Crippen LogP contribution < -0.4 is 5.14 Å². The SMILES string of the molecule is COCCOCCOCCCCCCCCCS(N)(=O)=O. The first-order valence-corrected chi connectivity index (χ1v) is 9.42. The maximum Gasteiger partial charge on any atom is 0.209 e. The van der Waals surface area contributed by atoms with Crippen LogP contribution in [0.25, 0.3) is 0 Å². The van der Waals surface area contributed by atoms with Gasteiger partial charge < -0.3 is 14.2 Å². The van der Waals surface area contributed by atoms with Crippen LogP contribution in [0.5, 0.6) is 0 Å². The van der Waals surface area contributed by atoms with Crippen molar-refractivity contribution in [3.63, 3.8) is 0 Å². The highest BCUT2D eigenvalue weighted by Gasteiger charge is 2.01. The van der Waals surface area contributed by atoms with Gasteiger partial charge in [-0.2, -0.15) is 0 Å². The second-order valence-electron chi connectivity index (χ2n) is 5.06. The Bertz CT molecular complexity index is 308. The third-order valence-electron chi connectivity index (χ3n) is 3.02. The van der Waals surface area contributed by atoms with Crippen molar-refractivity contribution in [1.82, 2.24) is 0 Å². The van der Waals surface area contributed by atoms with Crippen molar-refractivity contribution in [2.45, 2.75) is 44.9 Å². The minimum atomic E-state index is -3.28. The summed E-state index contributed by atoms with van der Waals surface area (Å²) in [5.74, 6) is 0.104. The third kappa shape index (κ3) is 19.8. The zero-order valence-electron chi connectivity index (χ0n) is 13.2. The summed E-state index contributed by atoms with van der Waals surface area (Å²) in [6.45, 7) is 3.27. The average Bonchev–Trinajstić information content (AvgIpc) is 2.42. The second kappa shape index (κ2) is 14.7. The molecule has 21 heavy (non-hydrogen) atoms. The van der Waals surface area contributed by atoms with Crippen LogP contribution in [0.2, 0.25) is 0 Å². The molecule has 0 spiro atoms. The van der Waals surface area contributed by atoms with E-state index in [0.717, 1.165) is 38.7 Å². The maximum absolute atomic E-state index is 10.7. The lowest BCUT2D eigenvalue weighted by Gasteiger charge is -2.05. The molecule has 0 saturated heterocycles. The summed E-state index contributed by atoms with van der Waals surface area (Å²) in [7, 11) is -1.62. The molecule has 0 aliphatic heterocycles. The number of rotatable bonds is 16. The van der Waals surface area contributed by atoms with Gasteiger partial charge in [0.2, 0.25) is 10.0 Å². The van der Waals surface area contributed by atoms with E-state index in [2.05, 4.69) is 0 Å². The molecule has 0 bridgehead atoms. The van der Waals surface area contributed by atoms with Crippen molar-refractivity contribution in [1.29, 1.82) is 0 Å². The lowest BCUT2D eigenvalue weighted by molar-refractivity contribution is 0.0239. The number of hydrogen-bond donors (Lipinski definition) is 1. The minimum Gasteiger partial charge on any atom is -0.382 e. The number of ether oxygens (including phenoxy) is 3. The van der Waals surface area contributed by atoms with Gasteiger partial charge in [0.15, 0.2) is 0 Å². The molecule has 6 nitrogen and oxygen atoms in total. The minimum absolute atomic E-state index is 0.104. The van der Waals surface area contributed by atoms with Crippen molar-refractivity contribution < 1.29 is 22.6 Å². The van der Waals surface area contributed by atoms with Gasteiger partial charge in [0, 0.05) is 13.7 Å². The number of nitrogens with two attached hydrogens (primary N) is 1. The van der Waals surface area contributed by atoms with Crippen molar-refractivity contribution in [2.75, 3.05) is 45.9 Å². The lowest BCUT2D eigenvalue weighted by Crippen LogP contribution is -2.16. The van der Waals surface area contributed by atoms with Crippen LogP contribution in [-0.4, -0.2) is 54.3 Å². The van der Waals surface area contributed by atoms with Gasteiger partial charge in [-0.05, 0) is 12.8 Å². The summed E-state index contributed by atoms with van der Waals surface area (Å²) in [4.78, 5) is 0. The molecule has 0 aromatic heterocycles.